The number of aryl methyl sites for hydroxylation is 1. The number of amides is 3. The molecule has 2 heterocycles. The Morgan fingerprint density at radius 3 is 2.34 bits per heavy atom. The van der Waals surface area contributed by atoms with Gasteiger partial charge in [0.05, 0.1) is 5.69 Å². The van der Waals surface area contributed by atoms with E-state index in [0.717, 1.165) is 37.7 Å². The molecule has 2 aliphatic rings. The summed E-state index contributed by atoms with van der Waals surface area (Å²) in [6.45, 7) is 1.93. The first-order valence-electron chi connectivity index (χ1n) is 10.2. The number of para-hydroxylation sites is 1. The molecule has 5 nitrogen and oxygen atoms in total. The van der Waals surface area contributed by atoms with Crippen LogP contribution in [-0.2, 0) is 0 Å². The van der Waals surface area contributed by atoms with Gasteiger partial charge in [-0.1, -0.05) is 30.3 Å². The predicted octanol–water partition coefficient (Wildman–Crippen LogP) is 4.48. The molecule has 2 N–H and O–H groups in total. The third-order valence-electron chi connectivity index (χ3n) is 6.05. The Morgan fingerprint density at radius 2 is 1.66 bits per heavy atom. The molecule has 0 aliphatic carbocycles. The van der Waals surface area contributed by atoms with Crippen molar-refractivity contribution >= 4 is 17.6 Å². The summed E-state index contributed by atoms with van der Waals surface area (Å²) in [5.74, 6) is -0.498. The molecule has 2 bridgehead atoms. The fourth-order valence-corrected chi connectivity index (χ4v) is 4.66. The van der Waals surface area contributed by atoms with Crippen LogP contribution >= 0.6 is 0 Å². The second-order valence-electron chi connectivity index (χ2n) is 8.01. The van der Waals surface area contributed by atoms with Gasteiger partial charge in [0.25, 0.3) is 5.91 Å². The SMILES string of the molecule is Cc1ccccc1C(=O)NC1C[C@@H]2CCC[C@@H](C1)N2C(=O)Nc1ccccc1F. The molecule has 29 heavy (non-hydrogen) atoms. The number of benzene rings is 2. The van der Waals surface area contributed by atoms with Gasteiger partial charge in [0.2, 0.25) is 0 Å². The second-order valence-corrected chi connectivity index (χ2v) is 8.01. The fourth-order valence-electron chi connectivity index (χ4n) is 4.66. The summed E-state index contributed by atoms with van der Waals surface area (Å²) in [4.78, 5) is 27.5. The predicted molar refractivity (Wildman–Crippen MR) is 110 cm³/mol. The van der Waals surface area contributed by atoms with E-state index in [-0.39, 0.29) is 35.8 Å². The number of nitrogens with one attached hydrogen (secondary N) is 2. The highest BCUT2D eigenvalue weighted by molar-refractivity contribution is 5.95. The van der Waals surface area contributed by atoms with Gasteiger partial charge in [0, 0.05) is 23.7 Å². The molecule has 2 fully saturated rings. The van der Waals surface area contributed by atoms with Crippen LogP contribution < -0.4 is 10.6 Å². The molecule has 2 aromatic rings. The maximum Gasteiger partial charge on any atom is 0.322 e. The lowest BCUT2D eigenvalue weighted by atomic mass is 9.82. The molecule has 2 aliphatic heterocycles. The largest absolute Gasteiger partial charge is 0.349 e. The lowest BCUT2D eigenvalue weighted by Gasteiger charge is -2.48. The number of halogens is 1. The van der Waals surface area contributed by atoms with Crippen molar-refractivity contribution in [1.82, 2.24) is 10.2 Å². The quantitative estimate of drug-likeness (QED) is 0.805. The van der Waals surface area contributed by atoms with Crippen molar-refractivity contribution in [1.29, 1.82) is 0 Å². The number of anilines is 1. The van der Waals surface area contributed by atoms with Gasteiger partial charge in [-0.15, -0.1) is 0 Å². The number of nitrogens with zero attached hydrogens (tertiary/aromatic N) is 1. The molecular formula is C23H26FN3O2. The minimum absolute atomic E-state index is 0.0370. The maximum atomic E-state index is 13.9. The van der Waals surface area contributed by atoms with Crippen molar-refractivity contribution in [2.75, 3.05) is 5.32 Å². The lowest BCUT2D eigenvalue weighted by Crippen LogP contribution is -2.59. The van der Waals surface area contributed by atoms with E-state index in [0.29, 0.717) is 5.56 Å². The van der Waals surface area contributed by atoms with E-state index >= 15 is 0 Å². The highest BCUT2D eigenvalue weighted by Crippen LogP contribution is 2.35. The number of fused-ring (bicyclic) bond motifs is 2. The smallest absolute Gasteiger partial charge is 0.322 e. The monoisotopic (exact) mass is 395 g/mol. The summed E-state index contributed by atoms with van der Waals surface area (Å²) in [7, 11) is 0. The zero-order valence-electron chi connectivity index (χ0n) is 16.5. The van der Waals surface area contributed by atoms with Crippen molar-refractivity contribution in [2.24, 2.45) is 0 Å². The van der Waals surface area contributed by atoms with Crippen LogP contribution in [-0.4, -0.2) is 35.0 Å². The van der Waals surface area contributed by atoms with Gasteiger partial charge in [0.1, 0.15) is 5.82 Å². The molecule has 0 aromatic heterocycles. The third kappa shape index (κ3) is 4.11. The van der Waals surface area contributed by atoms with Gasteiger partial charge < -0.3 is 15.5 Å². The molecule has 2 atom stereocenters. The van der Waals surface area contributed by atoms with Crippen LogP contribution in [0.1, 0.15) is 48.0 Å². The molecule has 0 radical (unpaired) electrons. The number of hydrogen-bond acceptors (Lipinski definition) is 2. The van der Waals surface area contributed by atoms with Crippen molar-refractivity contribution in [3.63, 3.8) is 0 Å². The third-order valence-corrected chi connectivity index (χ3v) is 6.05. The van der Waals surface area contributed by atoms with E-state index in [9.17, 15) is 14.0 Å². The van der Waals surface area contributed by atoms with E-state index in [2.05, 4.69) is 10.6 Å². The lowest BCUT2D eigenvalue weighted by molar-refractivity contribution is 0.0576. The van der Waals surface area contributed by atoms with Gasteiger partial charge in [-0.25, -0.2) is 9.18 Å². The van der Waals surface area contributed by atoms with Gasteiger partial charge in [-0.05, 0) is 62.8 Å². The fraction of sp³-hybridized carbons (Fsp3) is 0.391. The van der Waals surface area contributed by atoms with Crippen LogP contribution in [0.5, 0.6) is 0 Å². The molecule has 3 amide bonds. The maximum absolute atomic E-state index is 13.9. The van der Waals surface area contributed by atoms with E-state index in [1.165, 1.54) is 6.07 Å². The zero-order valence-corrected chi connectivity index (χ0v) is 16.5. The minimum atomic E-state index is -0.439. The first-order valence-corrected chi connectivity index (χ1v) is 10.2. The Balaban J connectivity index is 1.44. The zero-order chi connectivity index (χ0) is 20.4. The standard InChI is InChI=1S/C23H26FN3O2/c1-15-7-2-3-10-19(15)22(28)25-16-13-17-8-6-9-18(14-16)27(17)23(29)26-21-12-5-4-11-20(21)24/h2-5,7,10-12,16-18H,6,8-9,13-14H2,1H3,(H,25,28)(H,26,29)/t17-,18-/m0/s1. The van der Waals surface area contributed by atoms with Crippen LogP contribution in [0.4, 0.5) is 14.9 Å². The second kappa shape index (κ2) is 8.23. The van der Waals surface area contributed by atoms with E-state index in [1.807, 2.05) is 36.1 Å². The first kappa shape index (κ1) is 19.4. The average Bonchev–Trinajstić information content (AvgIpc) is 2.69. The highest BCUT2D eigenvalue weighted by atomic mass is 19.1. The van der Waals surface area contributed by atoms with Crippen molar-refractivity contribution < 1.29 is 14.0 Å². The Kier molecular flexibility index (Phi) is 5.51. The van der Waals surface area contributed by atoms with Crippen molar-refractivity contribution in [3.8, 4) is 0 Å². The Morgan fingerprint density at radius 1 is 1.00 bits per heavy atom. The molecule has 4 rings (SSSR count). The van der Waals surface area contributed by atoms with Crippen LogP contribution in [0, 0.1) is 12.7 Å². The molecule has 2 aromatic carbocycles. The number of hydrogen-bond donors (Lipinski definition) is 2. The van der Waals surface area contributed by atoms with Gasteiger partial charge in [0.15, 0.2) is 0 Å². The summed E-state index contributed by atoms with van der Waals surface area (Å²) in [6, 6.07) is 13.6. The van der Waals surface area contributed by atoms with Gasteiger partial charge in [-0.2, -0.15) is 0 Å². The van der Waals surface area contributed by atoms with Crippen LogP contribution in [0.3, 0.4) is 0 Å². The minimum Gasteiger partial charge on any atom is -0.349 e. The van der Waals surface area contributed by atoms with Crippen molar-refractivity contribution in [3.05, 3.63) is 65.5 Å². The van der Waals surface area contributed by atoms with E-state index in [1.54, 1.807) is 18.2 Å². The Labute approximate surface area is 170 Å². The summed E-state index contributed by atoms with van der Waals surface area (Å²) in [5, 5.41) is 5.89. The van der Waals surface area contributed by atoms with E-state index in [4.69, 9.17) is 0 Å². The molecule has 152 valence electrons. The van der Waals surface area contributed by atoms with Crippen LogP contribution in [0.2, 0.25) is 0 Å². The number of rotatable bonds is 3. The molecule has 0 spiro atoms. The van der Waals surface area contributed by atoms with Crippen molar-refractivity contribution in [2.45, 2.75) is 57.2 Å². The number of urea groups is 1. The average molecular weight is 395 g/mol. The molecular weight excluding hydrogens is 369 g/mol. The van der Waals surface area contributed by atoms with Crippen LogP contribution in [0.25, 0.3) is 0 Å². The Bertz CT molecular complexity index is 903. The van der Waals surface area contributed by atoms with Crippen LogP contribution in [0.15, 0.2) is 48.5 Å². The summed E-state index contributed by atoms with van der Waals surface area (Å²) in [6.07, 6.45) is 4.31. The van der Waals surface area contributed by atoms with E-state index < -0.39 is 5.82 Å². The topological polar surface area (TPSA) is 61.4 Å². The number of carbonyl (C=O) groups is 2. The first-order chi connectivity index (χ1) is 14.0. The molecule has 2 saturated heterocycles. The summed E-state index contributed by atoms with van der Waals surface area (Å²) in [5.41, 5.74) is 1.84. The number of carbonyl (C=O) groups excluding carboxylic acids is 2. The highest BCUT2D eigenvalue weighted by Gasteiger charge is 2.41. The number of piperidine rings is 2. The summed E-state index contributed by atoms with van der Waals surface area (Å²) < 4.78 is 13.9. The van der Waals surface area contributed by atoms with Gasteiger partial charge >= 0.3 is 6.03 Å². The Hall–Kier alpha value is -2.89. The molecule has 6 heteroatoms. The molecule has 0 saturated carbocycles. The summed E-state index contributed by atoms with van der Waals surface area (Å²) >= 11 is 0. The normalized spacial score (nSPS) is 23.4. The van der Waals surface area contributed by atoms with Gasteiger partial charge in [-0.3, -0.25) is 4.79 Å². The molecule has 0 unspecified atom stereocenters.